The van der Waals surface area contributed by atoms with Crippen LogP contribution in [0, 0.1) is 0 Å². The number of carbonyl (C=O) groups excluding carboxylic acids is 3. The Hall–Kier alpha value is -4.33. The maximum absolute atomic E-state index is 13.1. The quantitative estimate of drug-likeness (QED) is 0.442. The van der Waals surface area contributed by atoms with Crippen molar-refractivity contribution < 1.29 is 23.9 Å². The number of methoxy groups -OCH3 is 1. The molecule has 1 heterocycles. The normalized spacial score (nSPS) is 14.3. The van der Waals surface area contributed by atoms with Gasteiger partial charge in [-0.1, -0.05) is 54.6 Å². The van der Waals surface area contributed by atoms with Gasteiger partial charge in [0.05, 0.1) is 20.2 Å². The largest absolute Gasteiger partial charge is 0.497 e. The first kappa shape index (κ1) is 23.8. The lowest BCUT2D eigenvalue weighted by atomic mass is 10.0. The number of amides is 3. The van der Waals surface area contributed by atoms with Gasteiger partial charge in [-0.3, -0.25) is 14.4 Å². The standard InChI is InChI=1S/C27H27N3O5/c1-34-20-10-7-11-21(16-20)35-15-14-28-24(31)17-29-26(32)25-22-12-5-6-13-23(22)27(33)30(25)18-19-8-3-2-4-9-19/h2-13,16,25H,14-15,17-18H2,1H3,(H,28,31)(H,29,32). The minimum Gasteiger partial charge on any atom is -0.497 e. The number of nitrogens with one attached hydrogen (secondary N) is 2. The maximum atomic E-state index is 13.1. The van der Waals surface area contributed by atoms with Crippen LogP contribution in [0.1, 0.15) is 27.5 Å². The Balaban J connectivity index is 1.31. The van der Waals surface area contributed by atoms with E-state index in [1.165, 1.54) is 4.90 Å². The third kappa shape index (κ3) is 5.78. The molecule has 3 amide bonds. The van der Waals surface area contributed by atoms with Crippen molar-refractivity contribution >= 4 is 17.7 Å². The molecule has 0 saturated heterocycles. The zero-order valence-corrected chi connectivity index (χ0v) is 19.4. The van der Waals surface area contributed by atoms with E-state index in [0.717, 1.165) is 5.56 Å². The Labute approximate surface area is 203 Å². The van der Waals surface area contributed by atoms with E-state index in [9.17, 15) is 14.4 Å². The van der Waals surface area contributed by atoms with Crippen LogP contribution < -0.4 is 20.1 Å². The number of ether oxygens (including phenoxy) is 2. The molecule has 35 heavy (non-hydrogen) atoms. The van der Waals surface area contributed by atoms with Gasteiger partial charge < -0.3 is 25.0 Å². The third-order valence-corrected chi connectivity index (χ3v) is 5.66. The van der Waals surface area contributed by atoms with E-state index in [-0.39, 0.29) is 31.5 Å². The molecule has 8 heteroatoms. The lowest BCUT2D eigenvalue weighted by molar-refractivity contribution is -0.129. The minimum atomic E-state index is -0.803. The number of hydrogen-bond acceptors (Lipinski definition) is 5. The van der Waals surface area contributed by atoms with Crippen LogP contribution in [0.5, 0.6) is 11.5 Å². The number of hydrogen-bond donors (Lipinski definition) is 2. The van der Waals surface area contributed by atoms with E-state index < -0.39 is 11.9 Å². The lowest BCUT2D eigenvalue weighted by Gasteiger charge is -2.24. The molecule has 1 atom stereocenters. The van der Waals surface area contributed by atoms with Gasteiger partial charge in [0, 0.05) is 18.2 Å². The molecule has 0 bridgehead atoms. The molecular formula is C27H27N3O5. The Morgan fingerprint density at radius 3 is 2.46 bits per heavy atom. The molecule has 0 aliphatic carbocycles. The summed E-state index contributed by atoms with van der Waals surface area (Å²) in [6.07, 6.45) is 0. The Bertz CT molecular complexity index is 1200. The summed E-state index contributed by atoms with van der Waals surface area (Å²) in [4.78, 5) is 40.0. The van der Waals surface area contributed by atoms with Crippen LogP contribution in [-0.2, 0) is 16.1 Å². The number of rotatable bonds is 10. The first-order valence-corrected chi connectivity index (χ1v) is 11.3. The van der Waals surface area contributed by atoms with Gasteiger partial charge in [-0.05, 0) is 29.3 Å². The van der Waals surface area contributed by atoms with E-state index in [1.807, 2.05) is 42.5 Å². The molecule has 0 saturated carbocycles. The average molecular weight is 474 g/mol. The summed E-state index contributed by atoms with van der Waals surface area (Å²) in [5.74, 6) is 0.364. The van der Waals surface area contributed by atoms with Gasteiger partial charge in [-0.2, -0.15) is 0 Å². The highest BCUT2D eigenvalue weighted by atomic mass is 16.5. The Morgan fingerprint density at radius 1 is 0.914 bits per heavy atom. The first-order chi connectivity index (χ1) is 17.1. The molecule has 0 fully saturated rings. The van der Waals surface area contributed by atoms with E-state index >= 15 is 0 Å². The Kier molecular flexibility index (Phi) is 7.62. The summed E-state index contributed by atoms with van der Waals surface area (Å²) < 4.78 is 10.8. The molecule has 1 aliphatic heterocycles. The second kappa shape index (κ2) is 11.2. The maximum Gasteiger partial charge on any atom is 0.255 e. The van der Waals surface area contributed by atoms with Crippen molar-refractivity contribution in [1.29, 1.82) is 0 Å². The van der Waals surface area contributed by atoms with E-state index in [1.54, 1.807) is 43.5 Å². The van der Waals surface area contributed by atoms with Gasteiger partial charge >= 0.3 is 0 Å². The van der Waals surface area contributed by atoms with Crippen molar-refractivity contribution in [3.63, 3.8) is 0 Å². The smallest absolute Gasteiger partial charge is 0.255 e. The van der Waals surface area contributed by atoms with Gasteiger partial charge in [0.2, 0.25) is 11.8 Å². The molecule has 0 radical (unpaired) electrons. The van der Waals surface area contributed by atoms with Crippen molar-refractivity contribution in [3.8, 4) is 11.5 Å². The van der Waals surface area contributed by atoms with Crippen LogP contribution >= 0.6 is 0 Å². The molecule has 0 aromatic heterocycles. The molecule has 2 N–H and O–H groups in total. The molecule has 8 nitrogen and oxygen atoms in total. The highest BCUT2D eigenvalue weighted by Crippen LogP contribution is 2.34. The van der Waals surface area contributed by atoms with Crippen LogP contribution in [0.3, 0.4) is 0 Å². The molecule has 180 valence electrons. The fourth-order valence-corrected chi connectivity index (χ4v) is 3.97. The minimum absolute atomic E-state index is 0.204. The van der Waals surface area contributed by atoms with Crippen molar-refractivity contribution in [2.24, 2.45) is 0 Å². The summed E-state index contributed by atoms with van der Waals surface area (Å²) in [6, 6.07) is 22.9. The summed E-state index contributed by atoms with van der Waals surface area (Å²) >= 11 is 0. The predicted molar refractivity (Wildman–Crippen MR) is 130 cm³/mol. The van der Waals surface area contributed by atoms with Crippen LogP contribution in [0.2, 0.25) is 0 Å². The molecular weight excluding hydrogens is 446 g/mol. The third-order valence-electron chi connectivity index (χ3n) is 5.66. The Morgan fingerprint density at radius 2 is 1.66 bits per heavy atom. The van der Waals surface area contributed by atoms with Crippen LogP contribution in [0.15, 0.2) is 78.9 Å². The van der Waals surface area contributed by atoms with Crippen molar-refractivity contribution in [2.45, 2.75) is 12.6 Å². The summed E-state index contributed by atoms with van der Waals surface area (Å²) in [5, 5.41) is 5.39. The average Bonchev–Trinajstić information content (AvgIpc) is 3.17. The summed E-state index contributed by atoms with van der Waals surface area (Å²) in [5.41, 5.74) is 2.06. The summed E-state index contributed by atoms with van der Waals surface area (Å²) in [7, 11) is 1.58. The lowest BCUT2D eigenvalue weighted by Crippen LogP contribution is -2.43. The molecule has 4 rings (SSSR count). The fraction of sp³-hybridized carbons (Fsp3) is 0.222. The number of carbonyl (C=O) groups is 3. The highest BCUT2D eigenvalue weighted by molar-refractivity contribution is 6.05. The van der Waals surface area contributed by atoms with Crippen molar-refractivity contribution in [3.05, 3.63) is 95.6 Å². The molecule has 0 spiro atoms. The van der Waals surface area contributed by atoms with E-state index in [2.05, 4.69) is 10.6 Å². The van der Waals surface area contributed by atoms with Gasteiger partial charge in [-0.15, -0.1) is 0 Å². The highest BCUT2D eigenvalue weighted by Gasteiger charge is 2.40. The zero-order valence-electron chi connectivity index (χ0n) is 19.4. The van der Waals surface area contributed by atoms with Crippen LogP contribution in [-0.4, -0.2) is 49.4 Å². The number of fused-ring (bicyclic) bond motifs is 1. The van der Waals surface area contributed by atoms with Gasteiger partial charge in [0.1, 0.15) is 24.1 Å². The molecule has 3 aromatic rings. The van der Waals surface area contributed by atoms with Gasteiger partial charge in [0.15, 0.2) is 0 Å². The SMILES string of the molecule is COc1cccc(OCCNC(=O)CNC(=O)C2c3ccccc3C(=O)N2Cc2ccccc2)c1. The van der Waals surface area contributed by atoms with E-state index in [0.29, 0.717) is 29.2 Å². The second-order valence-electron chi connectivity index (χ2n) is 8.00. The van der Waals surface area contributed by atoms with Crippen molar-refractivity contribution in [1.82, 2.24) is 15.5 Å². The summed E-state index contributed by atoms with van der Waals surface area (Å²) in [6.45, 7) is 0.628. The second-order valence-corrected chi connectivity index (χ2v) is 8.00. The predicted octanol–water partition coefficient (Wildman–Crippen LogP) is 2.70. The van der Waals surface area contributed by atoms with Crippen molar-refractivity contribution in [2.75, 3.05) is 26.8 Å². The monoisotopic (exact) mass is 473 g/mol. The van der Waals surface area contributed by atoms with Gasteiger partial charge in [0.25, 0.3) is 5.91 Å². The fourth-order valence-electron chi connectivity index (χ4n) is 3.97. The number of nitrogens with zero attached hydrogens (tertiary/aromatic N) is 1. The van der Waals surface area contributed by atoms with Crippen LogP contribution in [0.25, 0.3) is 0 Å². The molecule has 1 unspecified atom stereocenters. The van der Waals surface area contributed by atoms with Crippen LogP contribution in [0.4, 0.5) is 0 Å². The molecule has 1 aliphatic rings. The topological polar surface area (TPSA) is 97.0 Å². The first-order valence-electron chi connectivity index (χ1n) is 11.3. The zero-order chi connectivity index (χ0) is 24.6. The van der Waals surface area contributed by atoms with E-state index in [4.69, 9.17) is 9.47 Å². The van der Waals surface area contributed by atoms with Gasteiger partial charge in [-0.25, -0.2) is 0 Å². The molecule has 3 aromatic carbocycles. The number of benzene rings is 3.